The third-order valence-corrected chi connectivity index (χ3v) is 5.29. The Morgan fingerprint density at radius 3 is 2.22 bits per heavy atom. The Balaban J connectivity index is 1.75. The predicted molar refractivity (Wildman–Crippen MR) is 106 cm³/mol. The molecule has 1 aliphatic carbocycles. The van der Waals surface area contributed by atoms with Crippen LogP contribution in [0.3, 0.4) is 0 Å². The van der Waals surface area contributed by atoms with Crippen molar-refractivity contribution in [1.82, 2.24) is 14.1 Å². The number of fused-ring (bicyclic) bond motifs is 2. The number of hydrogen-bond donors (Lipinski definition) is 1. The van der Waals surface area contributed by atoms with Crippen LogP contribution >= 0.6 is 0 Å². The van der Waals surface area contributed by atoms with Gasteiger partial charge in [-0.1, -0.05) is 11.6 Å². The number of aliphatic hydroxyl groups excluding tert-OH is 1. The van der Waals surface area contributed by atoms with Crippen molar-refractivity contribution in [1.29, 1.82) is 0 Å². The molecule has 6 heteroatoms. The van der Waals surface area contributed by atoms with Gasteiger partial charge in [-0.2, -0.15) is 0 Å². The van der Waals surface area contributed by atoms with Crippen molar-refractivity contribution in [2.75, 3.05) is 6.61 Å². The van der Waals surface area contributed by atoms with E-state index in [4.69, 9.17) is 5.11 Å². The third kappa shape index (κ3) is 3.45. The zero-order valence-corrected chi connectivity index (χ0v) is 15.2. The highest BCUT2D eigenvalue weighted by atomic mass is 16.3. The Hall–Kier alpha value is -2.73. The molecule has 140 valence electrons. The lowest BCUT2D eigenvalue weighted by molar-refractivity contribution is 0.274. The zero-order chi connectivity index (χ0) is 18.8. The van der Waals surface area contributed by atoms with Crippen molar-refractivity contribution in [2.45, 2.75) is 45.2 Å². The summed E-state index contributed by atoms with van der Waals surface area (Å²) >= 11 is 0. The van der Waals surface area contributed by atoms with Crippen LogP contribution in [0.5, 0.6) is 0 Å². The molecule has 1 aliphatic rings. The fourth-order valence-corrected chi connectivity index (χ4v) is 3.76. The van der Waals surface area contributed by atoms with E-state index in [2.05, 4.69) is 11.1 Å². The second-order valence-corrected chi connectivity index (χ2v) is 7.06. The molecular formula is C21H23N3O3. The lowest BCUT2D eigenvalue weighted by Crippen LogP contribution is -2.23. The van der Waals surface area contributed by atoms with E-state index in [0.717, 1.165) is 19.3 Å². The highest BCUT2D eigenvalue weighted by Crippen LogP contribution is 2.20. The lowest BCUT2D eigenvalue weighted by atomic mass is 9.97. The van der Waals surface area contributed by atoms with Crippen molar-refractivity contribution >= 4 is 21.8 Å². The van der Waals surface area contributed by atoms with E-state index < -0.39 is 0 Å². The average Bonchev–Trinajstić information content (AvgIpc) is 2.70. The van der Waals surface area contributed by atoms with Crippen molar-refractivity contribution < 1.29 is 5.11 Å². The first kappa shape index (κ1) is 17.7. The van der Waals surface area contributed by atoms with Crippen LogP contribution in [0.4, 0.5) is 0 Å². The van der Waals surface area contributed by atoms with E-state index in [-0.39, 0.29) is 24.3 Å². The van der Waals surface area contributed by atoms with Gasteiger partial charge in [-0.25, -0.2) is 4.98 Å². The van der Waals surface area contributed by atoms with Gasteiger partial charge in [-0.15, -0.1) is 0 Å². The fourth-order valence-electron chi connectivity index (χ4n) is 3.76. The van der Waals surface area contributed by atoms with Crippen LogP contribution in [0, 0.1) is 0 Å². The molecule has 0 spiro atoms. The summed E-state index contributed by atoms with van der Waals surface area (Å²) < 4.78 is 3.15. The van der Waals surface area contributed by atoms with Gasteiger partial charge in [0.2, 0.25) is 0 Å². The molecule has 3 aromatic rings. The predicted octanol–water partition coefficient (Wildman–Crippen LogP) is 2.59. The van der Waals surface area contributed by atoms with Crippen LogP contribution in [0.25, 0.3) is 21.8 Å². The number of pyridine rings is 3. The van der Waals surface area contributed by atoms with Gasteiger partial charge >= 0.3 is 0 Å². The van der Waals surface area contributed by atoms with E-state index in [1.165, 1.54) is 23.0 Å². The second kappa shape index (κ2) is 7.48. The summed E-state index contributed by atoms with van der Waals surface area (Å²) in [7, 11) is 0. The minimum Gasteiger partial charge on any atom is -0.395 e. The highest BCUT2D eigenvalue weighted by Gasteiger charge is 2.11. The Morgan fingerprint density at radius 1 is 0.963 bits per heavy atom. The number of aromatic nitrogens is 3. The summed E-state index contributed by atoms with van der Waals surface area (Å²) in [6.07, 6.45) is 11.3. The first-order valence-electron chi connectivity index (χ1n) is 9.49. The number of rotatable bonds is 5. The van der Waals surface area contributed by atoms with Crippen LogP contribution in [0.15, 0.2) is 51.8 Å². The molecule has 0 amide bonds. The number of aliphatic hydroxyl groups is 1. The molecule has 0 radical (unpaired) electrons. The maximum absolute atomic E-state index is 12.9. The van der Waals surface area contributed by atoms with E-state index in [0.29, 0.717) is 28.4 Å². The molecule has 3 heterocycles. The van der Waals surface area contributed by atoms with E-state index in [9.17, 15) is 9.59 Å². The third-order valence-electron chi connectivity index (χ3n) is 5.29. The molecular weight excluding hydrogens is 342 g/mol. The molecule has 0 aliphatic heterocycles. The van der Waals surface area contributed by atoms with Gasteiger partial charge in [0.25, 0.3) is 11.1 Å². The molecule has 27 heavy (non-hydrogen) atoms. The standard InChI is InChI=1S/C21H23N3O3/c25-13-12-24-11-8-19-17(21(24)27)14-16-18(22-19)7-10-23(20(16)26)9-6-15-4-2-1-3-5-15/h4,7-8,10-11,14,25H,1-3,5-6,9,12-13H2. The summed E-state index contributed by atoms with van der Waals surface area (Å²) in [6.45, 7) is 0.748. The molecule has 0 unspecified atom stereocenters. The lowest BCUT2D eigenvalue weighted by Gasteiger charge is -2.14. The topological polar surface area (TPSA) is 77.1 Å². The van der Waals surface area contributed by atoms with Gasteiger partial charge in [-0.05, 0) is 50.3 Å². The van der Waals surface area contributed by atoms with Gasteiger partial charge in [0.05, 0.1) is 28.4 Å². The monoisotopic (exact) mass is 365 g/mol. The molecule has 0 saturated heterocycles. The van der Waals surface area contributed by atoms with Crippen LogP contribution < -0.4 is 11.1 Å². The van der Waals surface area contributed by atoms with Crippen LogP contribution in [-0.4, -0.2) is 25.8 Å². The van der Waals surface area contributed by atoms with E-state index >= 15 is 0 Å². The van der Waals surface area contributed by atoms with Gasteiger partial charge in [0.15, 0.2) is 0 Å². The summed E-state index contributed by atoms with van der Waals surface area (Å²) in [5.41, 5.74) is 2.23. The highest BCUT2D eigenvalue weighted by molar-refractivity contribution is 5.91. The van der Waals surface area contributed by atoms with E-state index in [1.807, 2.05) is 6.07 Å². The summed E-state index contributed by atoms with van der Waals surface area (Å²) in [6, 6.07) is 5.23. The van der Waals surface area contributed by atoms with Crippen LogP contribution in [0.1, 0.15) is 32.1 Å². The van der Waals surface area contributed by atoms with Gasteiger partial charge in [0.1, 0.15) is 0 Å². The number of nitrogens with zero attached hydrogens (tertiary/aromatic N) is 3. The zero-order valence-electron chi connectivity index (χ0n) is 15.2. The second-order valence-electron chi connectivity index (χ2n) is 7.06. The fraction of sp³-hybridized carbons (Fsp3) is 0.381. The Kier molecular flexibility index (Phi) is 4.90. The number of hydrogen-bond acceptors (Lipinski definition) is 4. The SMILES string of the molecule is O=c1c2cc3c(=O)n(CCC4=CCCCC4)ccc3nc2ccn1CCO. The number of aryl methyl sites for hydroxylation is 1. The summed E-state index contributed by atoms with van der Waals surface area (Å²) in [5, 5.41) is 9.97. The maximum atomic E-state index is 12.9. The van der Waals surface area contributed by atoms with E-state index in [1.54, 1.807) is 29.1 Å². The van der Waals surface area contributed by atoms with Gasteiger partial charge in [-0.3, -0.25) is 9.59 Å². The summed E-state index contributed by atoms with van der Waals surface area (Å²) in [5.74, 6) is 0. The molecule has 3 aromatic heterocycles. The molecule has 0 saturated carbocycles. The number of allylic oxidation sites excluding steroid dienone is 2. The molecule has 0 bridgehead atoms. The minimum absolute atomic E-state index is 0.115. The van der Waals surface area contributed by atoms with Crippen molar-refractivity contribution in [3.05, 3.63) is 62.9 Å². The average molecular weight is 365 g/mol. The molecule has 0 fully saturated rings. The minimum atomic E-state index is -0.238. The molecule has 0 aromatic carbocycles. The maximum Gasteiger partial charge on any atom is 0.260 e. The first-order chi connectivity index (χ1) is 13.2. The molecule has 6 nitrogen and oxygen atoms in total. The normalized spacial score (nSPS) is 14.6. The molecule has 0 atom stereocenters. The first-order valence-corrected chi connectivity index (χ1v) is 9.49. The van der Waals surface area contributed by atoms with Gasteiger partial charge in [0, 0.05) is 25.5 Å². The smallest absolute Gasteiger partial charge is 0.260 e. The van der Waals surface area contributed by atoms with Crippen LogP contribution in [0.2, 0.25) is 0 Å². The Morgan fingerprint density at radius 2 is 1.63 bits per heavy atom. The van der Waals surface area contributed by atoms with Crippen molar-refractivity contribution in [3.63, 3.8) is 0 Å². The Bertz CT molecular complexity index is 1140. The largest absolute Gasteiger partial charge is 0.395 e. The van der Waals surface area contributed by atoms with Crippen molar-refractivity contribution in [3.8, 4) is 0 Å². The summed E-state index contributed by atoms with van der Waals surface area (Å²) in [4.78, 5) is 30.0. The van der Waals surface area contributed by atoms with Gasteiger partial charge < -0.3 is 14.2 Å². The van der Waals surface area contributed by atoms with Crippen LogP contribution in [-0.2, 0) is 13.1 Å². The Labute approximate surface area is 156 Å². The van der Waals surface area contributed by atoms with Crippen molar-refractivity contribution in [2.24, 2.45) is 0 Å². The molecule has 1 N–H and O–H groups in total. The molecule has 4 rings (SSSR count). The quantitative estimate of drug-likeness (QED) is 0.557.